The van der Waals surface area contributed by atoms with E-state index in [4.69, 9.17) is 27.9 Å². The smallest absolute Gasteiger partial charge is 0.123 e. The second-order valence-corrected chi connectivity index (χ2v) is 7.88. The summed E-state index contributed by atoms with van der Waals surface area (Å²) in [6.45, 7) is 0.431. The van der Waals surface area contributed by atoms with Gasteiger partial charge in [-0.15, -0.1) is 0 Å². The maximum absolute atomic E-state index is 13.5. The van der Waals surface area contributed by atoms with Gasteiger partial charge in [-0.05, 0) is 47.5 Å². The van der Waals surface area contributed by atoms with Gasteiger partial charge in [0.15, 0.2) is 0 Å². The topological polar surface area (TPSA) is 27.1 Å². The van der Waals surface area contributed by atoms with Crippen LogP contribution in [0, 0.1) is 11.6 Å². The molecule has 0 spiro atoms. The highest BCUT2D eigenvalue weighted by Crippen LogP contribution is 2.36. The maximum atomic E-state index is 13.5. The molecule has 3 nitrogen and oxygen atoms in total. The molecular formula is C24H18Cl2F2N2O. The Hall–Kier alpha value is -2.73. The summed E-state index contributed by atoms with van der Waals surface area (Å²) in [5.41, 5.74) is 2.21. The molecule has 0 bridgehead atoms. The fraction of sp³-hybridized carbons (Fsp3) is 0.125. The molecule has 1 aromatic heterocycles. The Kier molecular flexibility index (Phi) is 6.66. The first-order chi connectivity index (χ1) is 15.0. The fourth-order valence-corrected chi connectivity index (χ4v) is 3.88. The van der Waals surface area contributed by atoms with Gasteiger partial charge >= 0.3 is 0 Å². The van der Waals surface area contributed by atoms with E-state index in [1.54, 1.807) is 48.9 Å². The van der Waals surface area contributed by atoms with Crippen LogP contribution in [0.4, 0.5) is 8.78 Å². The molecule has 1 atom stereocenters. The van der Waals surface area contributed by atoms with Gasteiger partial charge in [0.2, 0.25) is 0 Å². The lowest BCUT2D eigenvalue weighted by molar-refractivity contribution is -0.00323. The molecule has 3 aromatic carbocycles. The SMILES string of the molecule is Fc1ccc(C(OC(Cn2ccnc2)c2ccc(Cl)cc2Cl)c2ccc(F)cc2)cc1. The molecular weight excluding hydrogens is 441 g/mol. The molecule has 1 heterocycles. The second-order valence-electron chi connectivity index (χ2n) is 7.03. The number of aromatic nitrogens is 2. The average molecular weight is 459 g/mol. The van der Waals surface area contributed by atoms with Crippen molar-refractivity contribution < 1.29 is 13.5 Å². The van der Waals surface area contributed by atoms with E-state index in [1.165, 1.54) is 24.3 Å². The zero-order chi connectivity index (χ0) is 21.8. The molecule has 0 radical (unpaired) electrons. The van der Waals surface area contributed by atoms with Crippen LogP contribution in [0.1, 0.15) is 28.9 Å². The van der Waals surface area contributed by atoms with Crippen molar-refractivity contribution in [3.8, 4) is 0 Å². The first kappa shape index (κ1) is 21.5. The number of hydrogen-bond acceptors (Lipinski definition) is 2. The minimum absolute atomic E-state index is 0.350. The number of ether oxygens (including phenoxy) is 1. The Balaban J connectivity index is 1.75. The van der Waals surface area contributed by atoms with Crippen LogP contribution in [-0.2, 0) is 11.3 Å². The molecule has 4 aromatic rings. The summed E-state index contributed by atoms with van der Waals surface area (Å²) < 4.78 is 35.5. The van der Waals surface area contributed by atoms with E-state index in [1.807, 2.05) is 16.8 Å². The summed E-state index contributed by atoms with van der Waals surface area (Å²) >= 11 is 12.6. The van der Waals surface area contributed by atoms with Crippen LogP contribution in [-0.4, -0.2) is 9.55 Å². The normalized spacial score (nSPS) is 12.3. The number of nitrogens with zero attached hydrogens (tertiary/aromatic N) is 2. The Morgan fingerprint density at radius 3 is 2.00 bits per heavy atom. The summed E-state index contributed by atoms with van der Waals surface area (Å²) in [5.74, 6) is -0.699. The molecule has 0 amide bonds. The van der Waals surface area contributed by atoms with Gasteiger partial charge in [0.1, 0.15) is 23.8 Å². The molecule has 0 fully saturated rings. The first-order valence-corrected chi connectivity index (χ1v) is 10.3. The molecule has 4 rings (SSSR count). The molecule has 0 aliphatic heterocycles. The summed E-state index contributed by atoms with van der Waals surface area (Å²) in [7, 11) is 0. The molecule has 0 saturated carbocycles. The largest absolute Gasteiger partial charge is 0.359 e. The van der Waals surface area contributed by atoms with E-state index in [0.29, 0.717) is 16.6 Å². The molecule has 0 aliphatic rings. The second kappa shape index (κ2) is 9.60. The lowest BCUT2D eigenvalue weighted by atomic mass is 10.00. The van der Waals surface area contributed by atoms with Crippen LogP contribution in [0.15, 0.2) is 85.5 Å². The monoisotopic (exact) mass is 458 g/mol. The maximum Gasteiger partial charge on any atom is 0.123 e. The van der Waals surface area contributed by atoms with Gasteiger partial charge in [0.25, 0.3) is 0 Å². The van der Waals surface area contributed by atoms with Crippen molar-refractivity contribution in [3.05, 3.63) is 124 Å². The van der Waals surface area contributed by atoms with E-state index < -0.39 is 12.2 Å². The third-order valence-electron chi connectivity index (χ3n) is 4.89. The Bertz CT molecular complexity index is 1090. The molecule has 0 aliphatic carbocycles. The van der Waals surface area contributed by atoms with Gasteiger partial charge in [-0.3, -0.25) is 0 Å². The number of hydrogen-bond donors (Lipinski definition) is 0. The van der Waals surface area contributed by atoms with Crippen LogP contribution in [0.5, 0.6) is 0 Å². The number of rotatable bonds is 7. The van der Waals surface area contributed by atoms with Gasteiger partial charge in [0.05, 0.1) is 12.9 Å². The molecule has 31 heavy (non-hydrogen) atoms. The van der Waals surface area contributed by atoms with Crippen LogP contribution in [0.2, 0.25) is 10.0 Å². The zero-order valence-electron chi connectivity index (χ0n) is 16.3. The number of imidazole rings is 1. The van der Waals surface area contributed by atoms with E-state index in [2.05, 4.69) is 4.98 Å². The quantitative estimate of drug-likeness (QED) is 0.297. The molecule has 0 N–H and O–H groups in total. The Morgan fingerprint density at radius 1 is 0.871 bits per heavy atom. The van der Waals surface area contributed by atoms with Crippen LogP contribution in [0.25, 0.3) is 0 Å². The summed E-state index contributed by atoms with van der Waals surface area (Å²) in [6.07, 6.45) is 4.12. The van der Waals surface area contributed by atoms with Gasteiger partial charge in [-0.1, -0.05) is 53.5 Å². The lowest BCUT2D eigenvalue weighted by Gasteiger charge is -2.27. The molecule has 158 valence electrons. The van der Waals surface area contributed by atoms with E-state index in [0.717, 1.165) is 16.7 Å². The van der Waals surface area contributed by atoms with E-state index in [9.17, 15) is 8.78 Å². The third kappa shape index (κ3) is 5.31. The predicted molar refractivity (Wildman–Crippen MR) is 117 cm³/mol. The Morgan fingerprint density at radius 2 is 1.48 bits per heavy atom. The Labute approximate surface area is 188 Å². The highest BCUT2D eigenvalue weighted by Gasteiger charge is 2.24. The highest BCUT2D eigenvalue weighted by atomic mass is 35.5. The molecule has 1 unspecified atom stereocenters. The van der Waals surface area contributed by atoms with E-state index >= 15 is 0 Å². The summed E-state index contributed by atoms with van der Waals surface area (Å²) in [4.78, 5) is 4.09. The third-order valence-corrected chi connectivity index (χ3v) is 5.45. The standard InChI is InChI=1S/C24H18Cl2F2N2O/c25-18-5-10-21(22(26)13-18)23(14-30-12-11-29-15-30)31-24(16-1-6-19(27)7-2-16)17-3-8-20(28)9-4-17/h1-13,15,23-24H,14H2. The highest BCUT2D eigenvalue weighted by molar-refractivity contribution is 6.35. The first-order valence-electron chi connectivity index (χ1n) is 9.56. The van der Waals surface area contributed by atoms with Crippen molar-refractivity contribution in [2.24, 2.45) is 0 Å². The van der Waals surface area contributed by atoms with Crippen molar-refractivity contribution >= 4 is 23.2 Å². The van der Waals surface area contributed by atoms with Crippen LogP contribution >= 0.6 is 23.2 Å². The van der Waals surface area contributed by atoms with Gasteiger partial charge < -0.3 is 9.30 Å². The van der Waals surface area contributed by atoms with Crippen molar-refractivity contribution in [2.75, 3.05) is 0 Å². The zero-order valence-corrected chi connectivity index (χ0v) is 17.8. The van der Waals surface area contributed by atoms with Crippen LogP contribution < -0.4 is 0 Å². The average Bonchev–Trinajstić information content (AvgIpc) is 3.26. The van der Waals surface area contributed by atoms with Crippen molar-refractivity contribution in [3.63, 3.8) is 0 Å². The van der Waals surface area contributed by atoms with Gasteiger partial charge in [0, 0.05) is 28.0 Å². The van der Waals surface area contributed by atoms with Gasteiger partial charge in [-0.25, -0.2) is 13.8 Å². The molecule has 7 heteroatoms. The summed E-state index contributed by atoms with van der Waals surface area (Å²) in [5, 5.41) is 0.985. The predicted octanol–water partition coefficient (Wildman–Crippen LogP) is 7.02. The number of halogens is 4. The number of benzene rings is 3. The lowest BCUT2D eigenvalue weighted by Crippen LogP contribution is -2.17. The van der Waals surface area contributed by atoms with Gasteiger partial charge in [-0.2, -0.15) is 0 Å². The minimum atomic E-state index is -0.582. The molecule has 0 saturated heterocycles. The summed E-state index contributed by atoms with van der Waals surface area (Å²) in [6, 6.07) is 17.3. The minimum Gasteiger partial charge on any atom is -0.359 e. The fourth-order valence-electron chi connectivity index (χ4n) is 3.35. The van der Waals surface area contributed by atoms with Crippen LogP contribution in [0.3, 0.4) is 0 Å². The van der Waals surface area contributed by atoms with Crippen molar-refractivity contribution in [2.45, 2.75) is 18.8 Å². The van der Waals surface area contributed by atoms with Crippen molar-refractivity contribution in [1.29, 1.82) is 0 Å². The van der Waals surface area contributed by atoms with E-state index in [-0.39, 0.29) is 11.6 Å². The van der Waals surface area contributed by atoms with Crippen molar-refractivity contribution in [1.82, 2.24) is 9.55 Å².